The predicted molar refractivity (Wildman–Crippen MR) is 114 cm³/mol. The Labute approximate surface area is 175 Å². The summed E-state index contributed by atoms with van der Waals surface area (Å²) >= 11 is 0. The summed E-state index contributed by atoms with van der Waals surface area (Å²) in [5, 5.41) is 2.90. The van der Waals surface area contributed by atoms with Gasteiger partial charge < -0.3 is 24.3 Å². The number of anilines is 1. The van der Waals surface area contributed by atoms with Crippen LogP contribution in [0, 0.1) is 0 Å². The molecule has 4 rings (SSSR count). The SMILES string of the molecule is CCOc1ccc(C(=O)Nc2ccc3c(c2)OCCO3)cc1COc1ccccc1. The van der Waals surface area contributed by atoms with E-state index < -0.39 is 0 Å². The molecule has 1 heterocycles. The van der Waals surface area contributed by atoms with E-state index in [2.05, 4.69) is 5.32 Å². The molecule has 3 aromatic rings. The van der Waals surface area contributed by atoms with E-state index in [1.807, 2.05) is 37.3 Å². The number of fused-ring (bicyclic) bond motifs is 1. The minimum absolute atomic E-state index is 0.226. The fraction of sp³-hybridized carbons (Fsp3) is 0.208. The maximum atomic E-state index is 12.8. The number of rotatable bonds is 7. The van der Waals surface area contributed by atoms with Gasteiger partial charge in [-0.05, 0) is 49.4 Å². The van der Waals surface area contributed by atoms with E-state index in [1.54, 1.807) is 36.4 Å². The number of ether oxygens (including phenoxy) is 4. The number of hydrogen-bond acceptors (Lipinski definition) is 5. The lowest BCUT2D eigenvalue weighted by Gasteiger charge is -2.19. The Hall–Kier alpha value is -3.67. The average molecular weight is 405 g/mol. The third-order valence-corrected chi connectivity index (χ3v) is 4.56. The van der Waals surface area contributed by atoms with Crippen LogP contribution in [-0.4, -0.2) is 25.7 Å². The van der Waals surface area contributed by atoms with Gasteiger partial charge in [0.05, 0.1) is 6.61 Å². The first-order valence-corrected chi connectivity index (χ1v) is 9.87. The maximum absolute atomic E-state index is 12.8. The lowest BCUT2D eigenvalue weighted by atomic mass is 10.1. The minimum Gasteiger partial charge on any atom is -0.493 e. The number of amides is 1. The number of carbonyl (C=O) groups excluding carboxylic acids is 1. The molecule has 0 atom stereocenters. The van der Waals surface area contributed by atoms with Crippen LogP contribution in [0.2, 0.25) is 0 Å². The Kier molecular flexibility index (Phi) is 6.03. The summed E-state index contributed by atoms with van der Waals surface area (Å²) in [5.41, 5.74) is 1.95. The average Bonchev–Trinajstić information content (AvgIpc) is 2.79. The van der Waals surface area contributed by atoms with Gasteiger partial charge in [0.2, 0.25) is 0 Å². The molecule has 154 valence electrons. The molecule has 0 saturated carbocycles. The molecule has 1 aliphatic heterocycles. The molecule has 0 fully saturated rings. The Balaban J connectivity index is 1.50. The zero-order valence-corrected chi connectivity index (χ0v) is 16.7. The summed E-state index contributed by atoms with van der Waals surface area (Å²) < 4.78 is 22.6. The van der Waals surface area contributed by atoms with Gasteiger partial charge in [0.15, 0.2) is 11.5 Å². The van der Waals surface area contributed by atoms with Crippen molar-refractivity contribution in [2.45, 2.75) is 13.5 Å². The van der Waals surface area contributed by atoms with Crippen LogP contribution in [0.3, 0.4) is 0 Å². The minimum atomic E-state index is -0.226. The van der Waals surface area contributed by atoms with E-state index in [9.17, 15) is 4.79 Å². The van der Waals surface area contributed by atoms with Crippen molar-refractivity contribution in [3.05, 3.63) is 77.9 Å². The molecule has 0 aromatic heterocycles. The molecule has 0 saturated heterocycles. The van der Waals surface area contributed by atoms with Gasteiger partial charge in [-0.15, -0.1) is 0 Å². The van der Waals surface area contributed by atoms with Gasteiger partial charge in [-0.3, -0.25) is 4.79 Å². The number of nitrogens with one attached hydrogen (secondary N) is 1. The second-order valence-electron chi connectivity index (χ2n) is 6.67. The summed E-state index contributed by atoms with van der Waals surface area (Å²) in [5.74, 6) is 2.54. The highest BCUT2D eigenvalue weighted by Crippen LogP contribution is 2.33. The lowest BCUT2D eigenvalue weighted by molar-refractivity contribution is 0.102. The highest BCUT2D eigenvalue weighted by molar-refractivity contribution is 6.04. The number of benzene rings is 3. The van der Waals surface area contributed by atoms with Crippen molar-refractivity contribution in [3.63, 3.8) is 0 Å². The summed E-state index contributed by atoms with van der Waals surface area (Å²) in [6, 6.07) is 20.2. The Morgan fingerprint density at radius 1 is 0.933 bits per heavy atom. The largest absolute Gasteiger partial charge is 0.493 e. The zero-order valence-electron chi connectivity index (χ0n) is 16.7. The summed E-state index contributed by atoms with van der Waals surface area (Å²) in [6.07, 6.45) is 0. The zero-order chi connectivity index (χ0) is 20.8. The third kappa shape index (κ3) is 4.66. The van der Waals surface area contributed by atoms with Gasteiger partial charge in [0.25, 0.3) is 5.91 Å². The van der Waals surface area contributed by atoms with Gasteiger partial charge in [0.1, 0.15) is 31.3 Å². The first kappa shape index (κ1) is 19.6. The molecule has 6 nitrogen and oxygen atoms in total. The number of hydrogen-bond donors (Lipinski definition) is 1. The highest BCUT2D eigenvalue weighted by Gasteiger charge is 2.15. The van der Waals surface area contributed by atoms with Crippen molar-refractivity contribution >= 4 is 11.6 Å². The van der Waals surface area contributed by atoms with Crippen LogP contribution in [-0.2, 0) is 6.61 Å². The first-order chi connectivity index (χ1) is 14.7. The highest BCUT2D eigenvalue weighted by atomic mass is 16.6. The van der Waals surface area contributed by atoms with Crippen molar-refractivity contribution in [1.82, 2.24) is 0 Å². The quantitative estimate of drug-likeness (QED) is 0.618. The molecule has 0 bridgehead atoms. The smallest absolute Gasteiger partial charge is 0.255 e. The number of para-hydroxylation sites is 1. The van der Waals surface area contributed by atoms with Crippen molar-refractivity contribution in [2.75, 3.05) is 25.1 Å². The summed E-state index contributed by atoms with van der Waals surface area (Å²) in [7, 11) is 0. The van der Waals surface area contributed by atoms with Gasteiger partial charge in [-0.1, -0.05) is 18.2 Å². The van der Waals surface area contributed by atoms with E-state index in [4.69, 9.17) is 18.9 Å². The molecule has 0 radical (unpaired) electrons. The summed E-state index contributed by atoms with van der Waals surface area (Å²) in [6.45, 7) is 3.77. The predicted octanol–water partition coefficient (Wildman–Crippen LogP) is 4.69. The topological polar surface area (TPSA) is 66.0 Å². The molecule has 0 unspecified atom stereocenters. The molecule has 0 spiro atoms. The van der Waals surface area contributed by atoms with Crippen LogP contribution < -0.4 is 24.3 Å². The van der Waals surface area contributed by atoms with Crippen molar-refractivity contribution in [2.24, 2.45) is 0 Å². The second-order valence-corrected chi connectivity index (χ2v) is 6.67. The van der Waals surface area contributed by atoms with Gasteiger partial charge in [-0.2, -0.15) is 0 Å². The Bertz CT molecular complexity index is 1020. The molecular weight excluding hydrogens is 382 g/mol. The van der Waals surface area contributed by atoms with E-state index in [0.29, 0.717) is 54.9 Å². The van der Waals surface area contributed by atoms with Crippen molar-refractivity contribution < 1.29 is 23.7 Å². The molecule has 6 heteroatoms. The summed E-state index contributed by atoms with van der Waals surface area (Å²) in [4.78, 5) is 12.8. The van der Waals surface area contributed by atoms with Gasteiger partial charge in [0, 0.05) is 22.9 Å². The maximum Gasteiger partial charge on any atom is 0.255 e. The van der Waals surface area contributed by atoms with Crippen LogP contribution in [0.4, 0.5) is 5.69 Å². The molecule has 3 aromatic carbocycles. The van der Waals surface area contributed by atoms with E-state index >= 15 is 0 Å². The molecule has 0 aliphatic carbocycles. The van der Waals surface area contributed by atoms with Crippen molar-refractivity contribution in [3.8, 4) is 23.0 Å². The van der Waals surface area contributed by atoms with Gasteiger partial charge >= 0.3 is 0 Å². The van der Waals surface area contributed by atoms with Crippen LogP contribution >= 0.6 is 0 Å². The fourth-order valence-corrected chi connectivity index (χ4v) is 3.13. The fourth-order valence-electron chi connectivity index (χ4n) is 3.13. The first-order valence-electron chi connectivity index (χ1n) is 9.87. The van der Waals surface area contributed by atoms with Crippen molar-refractivity contribution in [1.29, 1.82) is 0 Å². The number of carbonyl (C=O) groups is 1. The molecule has 1 aliphatic rings. The van der Waals surface area contributed by atoms with E-state index in [0.717, 1.165) is 11.3 Å². The normalized spacial score (nSPS) is 12.2. The third-order valence-electron chi connectivity index (χ3n) is 4.56. The molecule has 30 heavy (non-hydrogen) atoms. The van der Waals surface area contributed by atoms with Crippen LogP contribution in [0.15, 0.2) is 66.7 Å². The van der Waals surface area contributed by atoms with E-state index in [-0.39, 0.29) is 5.91 Å². The van der Waals surface area contributed by atoms with Gasteiger partial charge in [-0.25, -0.2) is 0 Å². The lowest BCUT2D eigenvalue weighted by Crippen LogP contribution is -2.16. The Morgan fingerprint density at radius 2 is 1.73 bits per heavy atom. The monoisotopic (exact) mass is 405 g/mol. The van der Waals surface area contributed by atoms with Crippen LogP contribution in [0.25, 0.3) is 0 Å². The standard InChI is InChI=1S/C24H23NO5/c1-2-27-21-10-8-17(14-18(21)16-30-20-6-4-3-5-7-20)24(26)25-19-9-11-22-23(15-19)29-13-12-28-22/h3-11,14-15H,2,12-13,16H2,1H3,(H,25,26). The van der Waals surface area contributed by atoms with E-state index in [1.165, 1.54) is 0 Å². The van der Waals surface area contributed by atoms with Crippen LogP contribution in [0.1, 0.15) is 22.8 Å². The molecule has 1 amide bonds. The Morgan fingerprint density at radius 3 is 2.53 bits per heavy atom. The molecule has 1 N–H and O–H groups in total. The van der Waals surface area contributed by atoms with Crippen LogP contribution in [0.5, 0.6) is 23.0 Å². The second kappa shape index (κ2) is 9.22. The molecular formula is C24H23NO5.